The fourth-order valence-corrected chi connectivity index (χ4v) is 2.28. The van der Waals surface area contributed by atoms with Crippen LogP contribution in [0.3, 0.4) is 0 Å². The molecule has 2 rings (SSSR count). The molecule has 0 bridgehead atoms. The molecule has 7 heteroatoms. The first kappa shape index (κ1) is 15.2. The minimum absolute atomic E-state index is 0.0392. The van der Waals surface area contributed by atoms with Crippen molar-refractivity contribution in [2.75, 3.05) is 39.3 Å². The summed E-state index contributed by atoms with van der Waals surface area (Å²) in [6.07, 6.45) is 4.24. The van der Waals surface area contributed by atoms with Crippen LogP contribution in [0.4, 0.5) is 4.79 Å². The number of hydrogen-bond acceptors (Lipinski definition) is 4. The maximum absolute atomic E-state index is 12.0. The monoisotopic (exact) mass is 292 g/mol. The quantitative estimate of drug-likeness (QED) is 0.800. The van der Waals surface area contributed by atoms with Crippen LogP contribution >= 0.6 is 0 Å². The molecule has 114 valence electrons. The van der Waals surface area contributed by atoms with E-state index in [1.165, 1.54) is 0 Å². The Labute approximate surface area is 123 Å². The molecule has 1 aromatic heterocycles. The summed E-state index contributed by atoms with van der Waals surface area (Å²) in [4.78, 5) is 30.1. The Morgan fingerprint density at radius 1 is 1.19 bits per heavy atom. The molecule has 0 aromatic carbocycles. The maximum atomic E-state index is 12.0. The second-order valence-corrected chi connectivity index (χ2v) is 4.99. The van der Waals surface area contributed by atoms with Gasteiger partial charge in [0, 0.05) is 45.1 Å². The Morgan fingerprint density at radius 2 is 1.86 bits per heavy atom. The summed E-state index contributed by atoms with van der Waals surface area (Å²) in [7, 11) is 0. The van der Waals surface area contributed by atoms with Crippen LogP contribution in [0.15, 0.2) is 24.5 Å². The lowest BCUT2D eigenvalue weighted by Gasteiger charge is -2.33. The third-order valence-electron chi connectivity index (χ3n) is 3.46. The molecule has 1 fully saturated rings. The van der Waals surface area contributed by atoms with Crippen LogP contribution in [0.1, 0.15) is 5.56 Å². The van der Waals surface area contributed by atoms with Crippen molar-refractivity contribution in [3.8, 4) is 0 Å². The van der Waals surface area contributed by atoms with Crippen LogP contribution < -0.4 is 5.32 Å². The number of carbonyl (C=O) groups excluding carboxylic acids is 1. The van der Waals surface area contributed by atoms with Crippen molar-refractivity contribution in [3.63, 3.8) is 0 Å². The molecule has 0 unspecified atom stereocenters. The number of nitrogens with one attached hydrogen (secondary N) is 1. The lowest BCUT2D eigenvalue weighted by molar-refractivity contribution is -0.138. The van der Waals surface area contributed by atoms with Gasteiger partial charge in [0.05, 0.1) is 6.54 Å². The van der Waals surface area contributed by atoms with Gasteiger partial charge < -0.3 is 15.3 Å². The predicted molar refractivity (Wildman–Crippen MR) is 77.0 cm³/mol. The van der Waals surface area contributed by atoms with Crippen LogP contribution in [0.5, 0.6) is 0 Å². The average molecular weight is 292 g/mol. The van der Waals surface area contributed by atoms with Crippen molar-refractivity contribution in [2.24, 2.45) is 0 Å². The number of carbonyl (C=O) groups is 2. The van der Waals surface area contributed by atoms with Gasteiger partial charge in [-0.05, 0) is 24.1 Å². The average Bonchev–Trinajstić information content (AvgIpc) is 2.48. The van der Waals surface area contributed by atoms with E-state index < -0.39 is 5.97 Å². The van der Waals surface area contributed by atoms with E-state index in [4.69, 9.17) is 5.11 Å². The Balaban J connectivity index is 1.67. The van der Waals surface area contributed by atoms with Gasteiger partial charge in [-0.1, -0.05) is 0 Å². The Morgan fingerprint density at radius 3 is 2.48 bits per heavy atom. The van der Waals surface area contributed by atoms with Crippen molar-refractivity contribution in [1.29, 1.82) is 0 Å². The summed E-state index contributed by atoms with van der Waals surface area (Å²) in [6.45, 7) is 2.95. The van der Waals surface area contributed by atoms with Gasteiger partial charge in [-0.3, -0.25) is 14.7 Å². The van der Waals surface area contributed by atoms with Crippen molar-refractivity contribution >= 4 is 12.0 Å². The Hall–Kier alpha value is -2.15. The van der Waals surface area contributed by atoms with Crippen molar-refractivity contribution in [3.05, 3.63) is 30.1 Å². The number of aromatic nitrogens is 1. The van der Waals surface area contributed by atoms with Crippen LogP contribution in [0.2, 0.25) is 0 Å². The standard InChI is InChI=1S/C14H20N4O3/c19-13(20)11-17-7-9-18(10-8-17)14(21)16-6-3-12-1-4-15-5-2-12/h1-2,4-5H,3,6-11H2,(H,16,21)(H,19,20). The predicted octanol–water partition coefficient (Wildman–Crippen LogP) is 0.0359. The van der Waals surface area contributed by atoms with Gasteiger partial charge in [0.25, 0.3) is 0 Å². The molecule has 0 aliphatic carbocycles. The molecular weight excluding hydrogens is 272 g/mol. The largest absolute Gasteiger partial charge is 0.480 e. The highest BCUT2D eigenvalue weighted by atomic mass is 16.4. The van der Waals surface area contributed by atoms with Gasteiger partial charge in [-0.2, -0.15) is 0 Å². The number of amides is 2. The number of nitrogens with zero attached hydrogens (tertiary/aromatic N) is 3. The summed E-state index contributed by atoms with van der Waals surface area (Å²) in [5.74, 6) is -0.828. The number of rotatable bonds is 5. The first-order valence-corrected chi connectivity index (χ1v) is 7.01. The summed E-state index contributed by atoms with van der Waals surface area (Å²) in [5, 5.41) is 11.6. The van der Waals surface area contributed by atoms with E-state index in [9.17, 15) is 9.59 Å². The van der Waals surface area contributed by atoms with Gasteiger partial charge >= 0.3 is 12.0 Å². The van der Waals surface area contributed by atoms with Crippen molar-refractivity contribution in [2.45, 2.75) is 6.42 Å². The van der Waals surface area contributed by atoms with E-state index in [1.807, 2.05) is 17.0 Å². The lowest BCUT2D eigenvalue weighted by atomic mass is 10.2. The van der Waals surface area contributed by atoms with Crippen molar-refractivity contribution < 1.29 is 14.7 Å². The lowest BCUT2D eigenvalue weighted by Crippen LogP contribution is -2.52. The molecule has 0 radical (unpaired) electrons. The van der Waals surface area contributed by atoms with E-state index in [-0.39, 0.29) is 12.6 Å². The molecule has 2 N–H and O–H groups in total. The van der Waals surface area contributed by atoms with Gasteiger partial charge in [0.1, 0.15) is 0 Å². The van der Waals surface area contributed by atoms with Crippen molar-refractivity contribution in [1.82, 2.24) is 20.1 Å². The molecule has 1 aliphatic heterocycles. The highest BCUT2D eigenvalue weighted by Gasteiger charge is 2.21. The number of carboxylic acid groups (broad SMARTS) is 1. The fraction of sp³-hybridized carbons (Fsp3) is 0.500. The van der Waals surface area contributed by atoms with Crippen LogP contribution in [-0.2, 0) is 11.2 Å². The fourth-order valence-electron chi connectivity index (χ4n) is 2.28. The summed E-state index contributed by atoms with van der Waals surface area (Å²) in [5.41, 5.74) is 1.14. The molecule has 0 atom stereocenters. The zero-order chi connectivity index (χ0) is 15.1. The molecule has 7 nitrogen and oxygen atoms in total. The topological polar surface area (TPSA) is 85.8 Å². The second-order valence-electron chi connectivity index (χ2n) is 4.99. The Kier molecular flexibility index (Phi) is 5.51. The zero-order valence-corrected chi connectivity index (χ0v) is 11.9. The molecule has 21 heavy (non-hydrogen) atoms. The molecule has 0 spiro atoms. The summed E-state index contributed by atoms with van der Waals surface area (Å²) < 4.78 is 0. The normalized spacial score (nSPS) is 15.7. The first-order chi connectivity index (χ1) is 10.1. The SMILES string of the molecule is O=C(O)CN1CCN(C(=O)NCCc2ccncc2)CC1. The number of piperazine rings is 1. The van der Waals surface area contributed by atoms with Gasteiger partial charge in [0.15, 0.2) is 0 Å². The van der Waals surface area contributed by atoms with Crippen LogP contribution in [0, 0.1) is 0 Å². The van der Waals surface area contributed by atoms with E-state index in [2.05, 4.69) is 10.3 Å². The van der Waals surface area contributed by atoms with E-state index in [0.717, 1.165) is 12.0 Å². The van der Waals surface area contributed by atoms with E-state index >= 15 is 0 Å². The number of urea groups is 1. The summed E-state index contributed by atoms with van der Waals surface area (Å²) in [6, 6.07) is 3.77. The van der Waals surface area contributed by atoms with Gasteiger partial charge in [-0.15, -0.1) is 0 Å². The number of pyridine rings is 1. The minimum atomic E-state index is -0.828. The zero-order valence-electron chi connectivity index (χ0n) is 11.9. The highest BCUT2D eigenvalue weighted by molar-refractivity contribution is 5.74. The van der Waals surface area contributed by atoms with E-state index in [1.54, 1.807) is 17.3 Å². The highest BCUT2D eigenvalue weighted by Crippen LogP contribution is 2.02. The van der Waals surface area contributed by atoms with Gasteiger partial charge in [-0.25, -0.2) is 4.79 Å². The summed E-state index contributed by atoms with van der Waals surface area (Å²) >= 11 is 0. The molecular formula is C14H20N4O3. The first-order valence-electron chi connectivity index (χ1n) is 7.01. The molecule has 0 saturated carbocycles. The Bertz CT molecular complexity index is 472. The smallest absolute Gasteiger partial charge is 0.317 e. The maximum Gasteiger partial charge on any atom is 0.317 e. The molecule has 2 amide bonds. The molecule has 1 saturated heterocycles. The third-order valence-corrected chi connectivity index (χ3v) is 3.46. The van der Waals surface area contributed by atoms with Crippen LogP contribution in [-0.4, -0.2) is 71.2 Å². The third kappa shape index (κ3) is 5.03. The van der Waals surface area contributed by atoms with Gasteiger partial charge in [0.2, 0.25) is 0 Å². The number of carboxylic acids is 1. The molecule has 2 heterocycles. The number of aliphatic carboxylic acids is 1. The molecule has 1 aliphatic rings. The minimum Gasteiger partial charge on any atom is -0.480 e. The number of hydrogen-bond donors (Lipinski definition) is 2. The second kappa shape index (κ2) is 7.58. The van der Waals surface area contributed by atoms with Crippen LogP contribution in [0.25, 0.3) is 0 Å². The van der Waals surface area contributed by atoms with E-state index in [0.29, 0.717) is 32.7 Å². The molecule has 1 aromatic rings.